The molecule has 0 saturated heterocycles. The van der Waals surface area contributed by atoms with Gasteiger partial charge in [-0.25, -0.2) is 4.79 Å². The minimum Gasteiger partial charge on any atom is -0.464 e. The molecule has 0 fully saturated rings. The number of hydrogen-bond donors (Lipinski definition) is 1. The molecule has 25 heavy (non-hydrogen) atoms. The number of hydrogen-bond acceptors (Lipinski definition) is 4. The lowest BCUT2D eigenvalue weighted by atomic mass is 10.0. The number of ether oxygens (including phenoxy) is 1. The van der Waals surface area contributed by atoms with Gasteiger partial charge in [0, 0.05) is 22.8 Å². The van der Waals surface area contributed by atoms with E-state index in [4.69, 9.17) is 16.3 Å². The van der Waals surface area contributed by atoms with Gasteiger partial charge in [-0.15, -0.1) is 0 Å². The molecule has 3 aromatic rings. The maximum atomic E-state index is 11.8. The first-order valence-corrected chi connectivity index (χ1v) is 8.46. The van der Waals surface area contributed by atoms with Crippen molar-refractivity contribution in [2.45, 2.75) is 19.4 Å². The largest absolute Gasteiger partial charge is 0.464 e. The maximum absolute atomic E-state index is 11.8. The zero-order valence-corrected chi connectivity index (χ0v) is 14.5. The summed E-state index contributed by atoms with van der Waals surface area (Å²) in [6.07, 6.45) is -1.20. The second kappa shape index (κ2) is 7.64. The molecular formula is C20H18ClNO3. The summed E-state index contributed by atoms with van der Waals surface area (Å²) in [6.45, 7) is 1.92. The van der Waals surface area contributed by atoms with E-state index >= 15 is 0 Å². The molecule has 1 atom stereocenters. The Morgan fingerprint density at radius 3 is 2.44 bits per heavy atom. The van der Waals surface area contributed by atoms with Crippen molar-refractivity contribution in [3.05, 3.63) is 65.3 Å². The number of aliphatic hydroxyl groups is 1. The third-order valence-electron chi connectivity index (χ3n) is 3.92. The van der Waals surface area contributed by atoms with Crippen molar-refractivity contribution in [3.8, 4) is 11.3 Å². The number of halogens is 1. The number of carbonyl (C=O) groups is 1. The lowest BCUT2D eigenvalue weighted by molar-refractivity contribution is -0.152. The van der Waals surface area contributed by atoms with Crippen LogP contribution >= 0.6 is 11.6 Å². The molecule has 1 aromatic heterocycles. The summed E-state index contributed by atoms with van der Waals surface area (Å²) in [5.41, 5.74) is 2.12. The Bertz CT molecular complexity index is 896. The number of carbonyl (C=O) groups excluding carboxylic acids is 1. The number of fused-ring (bicyclic) bond motifs is 1. The highest BCUT2D eigenvalue weighted by molar-refractivity contribution is 6.38. The minimum atomic E-state index is -1.26. The van der Waals surface area contributed by atoms with Crippen LogP contribution in [-0.4, -0.2) is 28.8 Å². The van der Waals surface area contributed by atoms with Gasteiger partial charge < -0.3 is 9.84 Å². The molecule has 0 radical (unpaired) electrons. The number of aliphatic hydroxyl groups excluding tert-OH is 1. The van der Waals surface area contributed by atoms with Crippen LogP contribution in [0.4, 0.5) is 0 Å². The van der Waals surface area contributed by atoms with Crippen molar-refractivity contribution in [2.75, 3.05) is 6.61 Å². The molecular weight excluding hydrogens is 338 g/mol. The third kappa shape index (κ3) is 3.65. The van der Waals surface area contributed by atoms with Crippen molar-refractivity contribution >= 4 is 28.3 Å². The highest BCUT2D eigenvalue weighted by Crippen LogP contribution is 2.34. The Morgan fingerprint density at radius 2 is 1.76 bits per heavy atom. The molecule has 0 saturated carbocycles. The van der Waals surface area contributed by atoms with E-state index in [9.17, 15) is 9.90 Å². The second-order valence-electron chi connectivity index (χ2n) is 5.60. The summed E-state index contributed by atoms with van der Waals surface area (Å²) >= 11 is 6.58. The van der Waals surface area contributed by atoms with Gasteiger partial charge in [0.25, 0.3) is 0 Å². The topological polar surface area (TPSA) is 59.4 Å². The van der Waals surface area contributed by atoms with Crippen LogP contribution in [0.2, 0.25) is 5.02 Å². The summed E-state index contributed by atoms with van der Waals surface area (Å²) in [4.78, 5) is 16.4. The standard InChI is InChI=1S/C20H18ClNO3/c1-2-25-20(24)17(23)12-16-14-10-6-7-11-15(14)18(21)19(22-16)13-8-4-3-5-9-13/h3-11,17,23H,2,12H2,1H3. The van der Waals surface area contributed by atoms with E-state index in [0.717, 1.165) is 16.3 Å². The van der Waals surface area contributed by atoms with Crippen LogP contribution in [0.5, 0.6) is 0 Å². The summed E-state index contributed by atoms with van der Waals surface area (Å²) in [5.74, 6) is -0.649. The summed E-state index contributed by atoms with van der Waals surface area (Å²) < 4.78 is 4.88. The minimum absolute atomic E-state index is 0.0658. The Labute approximate surface area is 151 Å². The fourth-order valence-electron chi connectivity index (χ4n) is 2.75. The first-order chi connectivity index (χ1) is 12.1. The highest BCUT2D eigenvalue weighted by Gasteiger charge is 2.21. The Hall–Kier alpha value is -2.43. The van der Waals surface area contributed by atoms with Gasteiger partial charge in [0.2, 0.25) is 0 Å². The van der Waals surface area contributed by atoms with Crippen LogP contribution in [0.1, 0.15) is 12.6 Å². The fraction of sp³-hybridized carbons (Fsp3) is 0.200. The normalized spacial score (nSPS) is 12.1. The Morgan fingerprint density at radius 1 is 1.12 bits per heavy atom. The van der Waals surface area contributed by atoms with E-state index in [2.05, 4.69) is 4.98 Å². The van der Waals surface area contributed by atoms with E-state index in [1.165, 1.54) is 0 Å². The number of aromatic nitrogens is 1. The van der Waals surface area contributed by atoms with Crippen LogP contribution < -0.4 is 0 Å². The summed E-state index contributed by atoms with van der Waals surface area (Å²) in [7, 11) is 0. The molecule has 3 rings (SSSR count). The molecule has 0 amide bonds. The van der Waals surface area contributed by atoms with E-state index in [0.29, 0.717) is 16.4 Å². The molecule has 5 heteroatoms. The predicted molar refractivity (Wildman–Crippen MR) is 98.5 cm³/mol. The molecule has 0 aliphatic carbocycles. The lowest BCUT2D eigenvalue weighted by Gasteiger charge is -2.14. The lowest BCUT2D eigenvalue weighted by Crippen LogP contribution is -2.26. The maximum Gasteiger partial charge on any atom is 0.335 e. The van der Waals surface area contributed by atoms with Crippen LogP contribution in [0.25, 0.3) is 22.0 Å². The monoisotopic (exact) mass is 355 g/mol. The SMILES string of the molecule is CCOC(=O)C(O)Cc1nc(-c2ccccc2)c(Cl)c2ccccc12. The fourth-order valence-corrected chi connectivity index (χ4v) is 3.06. The summed E-state index contributed by atoms with van der Waals surface area (Å²) in [5, 5.41) is 12.3. The zero-order chi connectivity index (χ0) is 17.8. The molecule has 1 N–H and O–H groups in total. The van der Waals surface area contributed by atoms with E-state index in [1.807, 2.05) is 54.6 Å². The predicted octanol–water partition coefficient (Wildman–Crippen LogP) is 4.02. The number of benzene rings is 2. The molecule has 1 unspecified atom stereocenters. The number of pyridine rings is 1. The van der Waals surface area contributed by atoms with Crippen molar-refractivity contribution in [1.82, 2.24) is 4.98 Å². The molecule has 0 bridgehead atoms. The van der Waals surface area contributed by atoms with Crippen LogP contribution in [0.15, 0.2) is 54.6 Å². The molecule has 128 valence electrons. The van der Waals surface area contributed by atoms with Crippen LogP contribution in [0.3, 0.4) is 0 Å². The molecule has 2 aromatic carbocycles. The van der Waals surface area contributed by atoms with Gasteiger partial charge in [-0.05, 0) is 6.92 Å². The van der Waals surface area contributed by atoms with Gasteiger partial charge in [-0.2, -0.15) is 0 Å². The number of esters is 1. The summed E-state index contributed by atoms with van der Waals surface area (Å²) in [6, 6.07) is 17.2. The number of nitrogens with zero attached hydrogens (tertiary/aromatic N) is 1. The van der Waals surface area contributed by atoms with E-state index in [-0.39, 0.29) is 13.0 Å². The first-order valence-electron chi connectivity index (χ1n) is 8.09. The van der Waals surface area contributed by atoms with Crippen molar-refractivity contribution in [1.29, 1.82) is 0 Å². The molecule has 0 spiro atoms. The quantitative estimate of drug-likeness (QED) is 0.702. The molecule has 4 nitrogen and oxygen atoms in total. The van der Waals surface area contributed by atoms with E-state index < -0.39 is 12.1 Å². The van der Waals surface area contributed by atoms with Crippen molar-refractivity contribution < 1.29 is 14.6 Å². The van der Waals surface area contributed by atoms with Crippen LogP contribution in [-0.2, 0) is 16.0 Å². The number of rotatable bonds is 5. The third-order valence-corrected chi connectivity index (χ3v) is 4.30. The Balaban J connectivity index is 2.11. The van der Waals surface area contributed by atoms with Gasteiger partial charge >= 0.3 is 5.97 Å². The van der Waals surface area contributed by atoms with Gasteiger partial charge in [-0.3, -0.25) is 4.98 Å². The Kier molecular flexibility index (Phi) is 5.31. The van der Waals surface area contributed by atoms with Gasteiger partial charge in [-0.1, -0.05) is 66.2 Å². The van der Waals surface area contributed by atoms with Crippen molar-refractivity contribution in [3.63, 3.8) is 0 Å². The second-order valence-corrected chi connectivity index (χ2v) is 5.98. The molecule has 0 aliphatic rings. The van der Waals surface area contributed by atoms with Gasteiger partial charge in [0.05, 0.1) is 23.0 Å². The smallest absolute Gasteiger partial charge is 0.335 e. The first kappa shape index (κ1) is 17.4. The van der Waals surface area contributed by atoms with Crippen molar-refractivity contribution in [2.24, 2.45) is 0 Å². The highest BCUT2D eigenvalue weighted by atomic mass is 35.5. The average Bonchev–Trinajstić information content (AvgIpc) is 2.65. The van der Waals surface area contributed by atoms with E-state index in [1.54, 1.807) is 6.92 Å². The average molecular weight is 356 g/mol. The van der Waals surface area contributed by atoms with Gasteiger partial charge in [0.15, 0.2) is 6.10 Å². The van der Waals surface area contributed by atoms with Crippen LogP contribution in [0, 0.1) is 0 Å². The molecule has 0 aliphatic heterocycles. The zero-order valence-electron chi connectivity index (χ0n) is 13.8. The molecule has 1 heterocycles. The van der Waals surface area contributed by atoms with Gasteiger partial charge in [0.1, 0.15) is 0 Å².